The largest absolute Gasteiger partial charge is 0.507 e. The summed E-state index contributed by atoms with van der Waals surface area (Å²) in [4.78, 5) is 45.9. The maximum absolute atomic E-state index is 13.3. The number of aromatic nitrogens is 2. The van der Waals surface area contributed by atoms with Crippen LogP contribution in [0.15, 0.2) is 78.4 Å². The van der Waals surface area contributed by atoms with Gasteiger partial charge in [-0.2, -0.15) is 0 Å². The number of hydrogen-bond acceptors (Lipinski definition) is 7. The summed E-state index contributed by atoms with van der Waals surface area (Å²) in [6, 6.07) is 18.2. The molecule has 4 aromatic rings. The van der Waals surface area contributed by atoms with Crippen molar-refractivity contribution in [2.24, 2.45) is 0 Å². The number of imidazole rings is 1. The molecule has 0 radical (unpaired) electrons. The number of nitro groups is 1. The number of rotatable bonds is 6. The van der Waals surface area contributed by atoms with Crippen LogP contribution in [0.3, 0.4) is 0 Å². The van der Waals surface area contributed by atoms with Gasteiger partial charge < -0.3 is 14.8 Å². The van der Waals surface area contributed by atoms with Crippen molar-refractivity contribution in [2.45, 2.75) is 26.0 Å². The van der Waals surface area contributed by atoms with Gasteiger partial charge in [0.25, 0.3) is 11.5 Å². The number of nitrogens with zero attached hydrogens (tertiary/aromatic N) is 3. The highest BCUT2D eigenvalue weighted by Crippen LogP contribution is 2.42. The molecule has 0 saturated carbocycles. The minimum absolute atomic E-state index is 0.0471. The molecule has 0 spiro atoms. The zero-order valence-electron chi connectivity index (χ0n) is 19.9. The third kappa shape index (κ3) is 4.29. The number of benzene rings is 3. The average molecular weight is 498 g/mol. The van der Waals surface area contributed by atoms with Crippen molar-refractivity contribution in [1.82, 2.24) is 9.97 Å². The Hall–Kier alpha value is -4.99. The number of non-ortho nitro benzene ring substituents is 1. The number of ether oxygens (including phenoxy) is 1. The van der Waals surface area contributed by atoms with E-state index < -0.39 is 28.4 Å². The van der Waals surface area contributed by atoms with E-state index in [4.69, 9.17) is 4.74 Å². The molecule has 2 N–H and O–H groups in total. The minimum atomic E-state index is -1.01. The van der Waals surface area contributed by atoms with Gasteiger partial charge in [0, 0.05) is 17.7 Å². The highest BCUT2D eigenvalue weighted by molar-refractivity contribution is 6.51. The van der Waals surface area contributed by atoms with Gasteiger partial charge in [-0.25, -0.2) is 4.98 Å². The van der Waals surface area contributed by atoms with Gasteiger partial charge in [-0.3, -0.25) is 24.6 Å². The molecule has 1 fully saturated rings. The Labute approximate surface area is 211 Å². The van der Waals surface area contributed by atoms with Crippen molar-refractivity contribution in [3.8, 4) is 5.75 Å². The Bertz CT molecular complexity index is 1520. The second-order valence-electron chi connectivity index (χ2n) is 8.79. The molecule has 1 atom stereocenters. The van der Waals surface area contributed by atoms with E-state index in [2.05, 4.69) is 9.97 Å². The third-order valence-electron chi connectivity index (χ3n) is 5.97. The molecule has 1 amide bonds. The highest BCUT2D eigenvalue weighted by Gasteiger charge is 2.48. The topological polar surface area (TPSA) is 139 Å². The smallest absolute Gasteiger partial charge is 0.302 e. The van der Waals surface area contributed by atoms with Crippen LogP contribution >= 0.6 is 0 Å². The van der Waals surface area contributed by atoms with Crippen LogP contribution in [0.25, 0.3) is 16.8 Å². The van der Waals surface area contributed by atoms with E-state index in [0.717, 1.165) is 0 Å². The van der Waals surface area contributed by atoms with Crippen molar-refractivity contribution in [3.63, 3.8) is 0 Å². The number of carbonyl (C=O) groups excluding carboxylic acids is 2. The van der Waals surface area contributed by atoms with Crippen molar-refractivity contribution in [2.75, 3.05) is 4.90 Å². The van der Waals surface area contributed by atoms with Crippen LogP contribution in [-0.2, 0) is 9.59 Å². The van der Waals surface area contributed by atoms with Gasteiger partial charge in [0.05, 0.1) is 33.7 Å². The summed E-state index contributed by atoms with van der Waals surface area (Å²) in [5.74, 6) is -1.45. The number of ketones is 1. The number of amides is 1. The quantitative estimate of drug-likeness (QED) is 0.127. The fourth-order valence-corrected chi connectivity index (χ4v) is 4.32. The van der Waals surface area contributed by atoms with E-state index >= 15 is 0 Å². The van der Waals surface area contributed by atoms with Gasteiger partial charge in [-0.1, -0.05) is 24.3 Å². The number of nitrogens with one attached hydrogen (secondary N) is 1. The molecule has 1 saturated heterocycles. The van der Waals surface area contributed by atoms with Crippen LogP contribution in [0.1, 0.15) is 31.0 Å². The summed E-state index contributed by atoms with van der Waals surface area (Å²) in [7, 11) is 0. The van der Waals surface area contributed by atoms with E-state index in [0.29, 0.717) is 22.3 Å². The molecule has 0 bridgehead atoms. The van der Waals surface area contributed by atoms with Crippen molar-refractivity contribution >= 4 is 40.1 Å². The SMILES string of the molecule is CC(C)Oc1ccc(C2/C(=C(\O)c3ccc([N+](=O)[O-])cc3)C(=O)C(=O)N2c2nc3ccccc3[nH]2)cc1. The van der Waals surface area contributed by atoms with Crippen molar-refractivity contribution in [1.29, 1.82) is 0 Å². The van der Waals surface area contributed by atoms with Gasteiger partial charge in [0.1, 0.15) is 11.5 Å². The van der Waals surface area contributed by atoms with Crippen LogP contribution < -0.4 is 9.64 Å². The molecule has 1 unspecified atom stereocenters. The van der Waals surface area contributed by atoms with Crippen molar-refractivity contribution in [3.05, 3.63) is 99.6 Å². The van der Waals surface area contributed by atoms with Crippen LogP contribution in [-0.4, -0.2) is 37.8 Å². The van der Waals surface area contributed by atoms with E-state index in [1.165, 1.54) is 29.2 Å². The van der Waals surface area contributed by atoms with Gasteiger partial charge in [-0.05, 0) is 55.8 Å². The molecular weight excluding hydrogens is 476 g/mol. The number of para-hydroxylation sites is 2. The molecule has 3 aromatic carbocycles. The van der Waals surface area contributed by atoms with Crippen LogP contribution in [0.4, 0.5) is 11.6 Å². The lowest BCUT2D eigenvalue weighted by molar-refractivity contribution is -0.384. The molecule has 1 aliphatic rings. The first-order valence-corrected chi connectivity index (χ1v) is 11.5. The van der Waals surface area contributed by atoms with E-state index in [-0.39, 0.29) is 28.9 Å². The standard InChI is InChI=1S/C27H22N4O6/c1-15(2)37-19-13-9-16(10-14-19)23-22(24(32)17-7-11-18(12-8-17)31(35)36)25(33)26(34)30(23)27-28-20-5-3-4-6-21(20)29-27/h3-15,23,32H,1-2H3,(H,28,29)/b24-22+. The van der Waals surface area contributed by atoms with Crippen LogP contribution in [0.2, 0.25) is 0 Å². The first kappa shape index (κ1) is 23.7. The van der Waals surface area contributed by atoms with E-state index in [1.807, 2.05) is 19.9 Å². The number of aliphatic hydroxyl groups excluding tert-OH is 1. The molecule has 2 heterocycles. The van der Waals surface area contributed by atoms with Crippen LogP contribution in [0, 0.1) is 10.1 Å². The zero-order chi connectivity index (χ0) is 26.3. The lowest BCUT2D eigenvalue weighted by Crippen LogP contribution is -2.30. The Morgan fingerprint density at radius 1 is 1.05 bits per heavy atom. The third-order valence-corrected chi connectivity index (χ3v) is 5.97. The summed E-state index contributed by atoms with van der Waals surface area (Å²) < 4.78 is 5.72. The monoisotopic (exact) mass is 498 g/mol. The predicted molar refractivity (Wildman–Crippen MR) is 136 cm³/mol. The molecule has 0 aliphatic carbocycles. The van der Waals surface area contributed by atoms with Gasteiger partial charge >= 0.3 is 5.91 Å². The molecule has 37 heavy (non-hydrogen) atoms. The molecule has 186 valence electrons. The fourth-order valence-electron chi connectivity index (χ4n) is 4.32. The van der Waals surface area contributed by atoms with Crippen molar-refractivity contribution < 1.29 is 24.4 Å². The number of aromatic amines is 1. The number of nitro benzene ring substituents is 1. The number of H-pyrrole nitrogens is 1. The minimum Gasteiger partial charge on any atom is -0.507 e. The lowest BCUT2D eigenvalue weighted by atomic mass is 9.95. The molecule has 10 nitrogen and oxygen atoms in total. The molecule has 1 aliphatic heterocycles. The number of Topliss-reactive ketones (excluding diaryl/α,β-unsaturated/α-hetero) is 1. The second kappa shape index (κ2) is 9.23. The lowest BCUT2D eigenvalue weighted by Gasteiger charge is -2.23. The summed E-state index contributed by atoms with van der Waals surface area (Å²) >= 11 is 0. The van der Waals surface area contributed by atoms with Crippen LogP contribution in [0.5, 0.6) is 5.75 Å². The molecular formula is C27H22N4O6. The number of hydrogen-bond donors (Lipinski definition) is 2. The predicted octanol–water partition coefficient (Wildman–Crippen LogP) is 4.88. The van der Waals surface area contributed by atoms with Gasteiger partial charge in [0.2, 0.25) is 5.95 Å². The highest BCUT2D eigenvalue weighted by atomic mass is 16.6. The first-order chi connectivity index (χ1) is 17.7. The number of carbonyl (C=O) groups is 2. The summed E-state index contributed by atoms with van der Waals surface area (Å²) in [5, 5.41) is 22.2. The molecule has 10 heteroatoms. The Balaban J connectivity index is 1.67. The first-order valence-electron chi connectivity index (χ1n) is 11.5. The summed E-state index contributed by atoms with van der Waals surface area (Å²) in [6.45, 7) is 3.79. The second-order valence-corrected chi connectivity index (χ2v) is 8.79. The van der Waals surface area contributed by atoms with Gasteiger partial charge in [0.15, 0.2) is 0 Å². The molecule has 1 aromatic heterocycles. The number of fused-ring (bicyclic) bond motifs is 1. The summed E-state index contributed by atoms with van der Waals surface area (Å²) in [5.41, 5.74) is 1.66. The maximum atomic E-state index is 13.3. The average Bonchev–Trinajstić information content (AvgIpc) is 3.42. The zero-order valence-corrected chi connectivity index (χ0v) is 19.9. The van der Waals surface area contributed by atoms with E-state index in [9.17, 15) is 24.8 Å². The Morgan fingerprint density at radius 3 is 2.35 bits per heavy atom. The maximum Gasteiger partial charge on any atom is 0.302 e. The Morgan fingerprint density at radius 2 is 1.73 bits per heavy atom. The van der Waals surface area contributed by atoms with Gasteiger partial charge in [-0.15, -0.1) is 0 Å². The fraction of sp³-hybridized carbons (Fsp3) is 0.148. The summed E-state index contributed by atoms with van der Waals surface area (Å²) in [6.07, 6.45) is -0.0471. The Kier molecular flexibility index (Phi) is 5.92. The molecule has 5 rings (SSSR count). The number of anilines is 1. The van der Waals surface area contributed by atoms with E-state index in [1.54, 1.807) is 42.5 Å². The normalized spacial score (nSPS) is 17.1. The number of aliphatic hydroxyl groups is 1.